The van der Waals surface area contributed by atoms with Gasteiger partial charge >= 0.3 is 0 Å². The van der Waals surface area contributed by atoms with Crippen LogP contribution < -0.4 is 10.1 Å². The van der Waals surface area contributed by atoms with E-state index in [1.165, 1.54) is 17.5 Å². The fraction of sp³-hybridized carbons (Fsp3) is 0.611. The lowest BCUT2D eigenvalue weighted by atomic mass is 9.94. The van der Waals surface area contributed by atoms with Gasteiger partial charge in [0.1, 0.15) is 16.5 Å². The van der Waals surface area contributed by atoms with Crippen molar-refractivity contribution in [1.29, 1.82) is 0 Å². The summed E-state index contributed by atoms with van der Waals surface area (Å²) >= 11 is 0. The molecule has 6 nitrogen and oxygen atoms in total. The second kappa shape index (κ2) is 7.92. The van der Waals surface area contributed by atoms with Crippen LogP contribution in [0, 0.1) is 17.2 Å². The molecule has 0 aromatic heterocycles. The van der Waals surface area contributed by atoms with Crippen molar-refractivity contribution in [1.82, 2.24) is 9.62 Å². The van der Waals surface area contributed by atoms with Gasteiger partial charge in [-0.25, -0.2) is 12.8 Å². The largest absolute Gasteiger partial charge is 0.495 e. The molecule has 1 amide bonds. The quantitative estimate of drug-likeness (QED) is 0.843. The third-order valence-corrected chi connectivity index (χ3v) is 6.28. The number of carbonyl (C=O) groups is 1. The van der Waals surface area contributed by atoms with Gasteiger partial charge in [-0.05, 0) is 36.5 Å². The summed E-state index contributed by atoms with van der Waals surface area (Å²) in [6.07, 6.45) is 0.875. The van der Waals surface area contributed by atoms with Crippen molar-refractivity contribution in [2.75, 3.05) is 26.7 Å². The summed E-state index contributed by atoms with van der Waals surface area (Å²) in [5, 5.41) is 2.93. The predicted molar refractivity (Wildman–Crippen MR) is 96.9 cm³/mol. The van der Waals surface area contributed by atoms with Crippen LogP contribution in [-0.2, 0) is 14.8 Å². The van der Waals surface area contributed by atoms with Crippen LogP contribution in [0.3, 0.4) is 0 Å². The summed E-state index contributed by atoms with van der Waals surface area (Å²) in [4.78, 5) is 12.1. The van der Waals surface area contributed by atoms with E-state index in [0.717, 1.165) is 12.1 Å². The van der Waals surface area contributed by atoms with Crippen molar-refractivity contribution in [2.24, 2.45) is 11.3 Å². The van der Waals surface area contributed by atoms with E-state index in [4.69, 9.17) is 4.74 Å². The van der Waals surface area contributed by atoms with Crippen LogP contribution >= 0.6 is 0 Å². The number of halogens is 1. The monoisotopic (exact) mass is 386 g/mol. The lowest BCUT2D eigenvalue weighted by Crippen LogP contribution is -2.44. The maximum Gasteiger partial charge on any atom is 0.246 e. The van der Waals surface area contributed by atoms with Gasteiger partial charge in [0.05, 0.1) is 7.11 Å². The molecular formula is C18H27FN2O4S. The smallest absolute Gasteiger partial charge is 0.246 e. The lowest BCUT2D eigenvalue weighted by molar-refractivity contribution is -0.126. The van der Waals surface area contributed by atoms with Crippen molar-refractivity contribution in [3.05, 3.63) is 24.0 Å². The molecule has 1 N–H and O–H groups in total. The minimum Gasteiger partial charge on any atom is -0.495 e. The molecule has 1 saturated heterocycles. The topological polar surface area (TPSA) is 75.7 Å². The van der Waals surface area contributed by atoms with Crippen LogP contribution in [0.2, 0.25) is 0 Å². The van der Waals surface area contributed by atoms with Crippen molar-refractivity contribution in [3.8, 4) is 5.75 Å². The van der Waals surface area contributed by atoms with E-state index in [0.29, 0.717) is 19.4 Å². The molecule has 2 rings (SSSR count). The number of nitrogens with zero attached hydrogens (tertiary/aromatic N) is 1. The van der Waals surface area contributed by atoms with E-state index in [1.807, 2.05) is 20.8 Å². The Labute approximate surface area is 154 Å². The van der Waals surface area contributed by atoms with Crippen LogP contribution in [0.25, 0.3) is 0 Å². The average molecular weight is 386 g/mol. The predicted octanol–water partition coefficient (Wildman–Crippen LogP) is 2.40. The van der Waals surface area contributed by atoms with Gasteiger partial charge in [0.2, 0.25) is 15.9 Å². The molecule has 1 aliphatic rings. The van der Waals surface area contributed by atoms with Crippen molar-refractivity contribution in [3.63, 3.8) is 0 Å². The molecule has 0 spiro atoms. The highest BCUT2D eigenvalue weighted by Crippen LogP contribution is 2.30. The van der Waals surface area contributed by atoms with Gasteiger partial charge in [-0.1, -0.05) is 20.8 Å². The van der Waals surface area contributed by atoms with Gasteiger partial charge in [0, 0.05) is 25.6 Å². The Kier molecular flexibility index (Phi) is 6.29. The standard InChI is InChI=1S/C18H27FN2O4S/c1-18(2,3)12-20-17(22)13-7-9-21(10-8-13)26(23,24)16-11-14(19)5-6-15(16)25-4/h5-6,11,13H,7-10,12H2,1-4H3,(H,20,22). The molecule has 146 valence electrons. The van der Waals surface area contributed by atoms with Gasteiger partial charge in [0.15, 0.2) is 0 Å². The number of sulfonamides is 1. The Bertz CT molecular complexity index is 751. The summed E-state index contributed by atoms with van der Waals surface area (Å²) in [7, 11) is -2.53. The molecule has 1 aliphatic heterocycles. The number of rotatable bonds is 5. The molecule has 8 heteroatoms. The van der Waals surface area contributed by atoms with Crippen LogP contribution in [0.4, 0.5) is 4.39 Å². The van der Waals surface area contributed by atoms with Crippen molar-refractivity contribution < 1.29 is 22.3 Å². The average Bonchev–Trinajstić information content (AvgIpc) is 2.59. The minimum absolute atomic E-state index is 0.00631. The Morgan fingerprint density at radius 3 is 2.46 bits per heavy atom. The highest BCUT2D eigenvalue weighted by atomic mass is 32.2. The van der Waals surface area contributed by atoms with Crippen molar-refractivity contribution in [2.45, 2.75) is 38.5 Å². The fourth-order valence-electron chi connectivity index (χ4n) is 2.85. The van der Waals surface area contributed by atoms with Gasteiger partial charge < -0.3 is 10.1 Å². The zero-order chi connectivity index (χ0) is 19.5. The number of carbonyl (C=O) groups excluding carboxylic acids is 1. The zero-order valence-electron chi connectivity index (χ0n) is 15.7. The molecule has 0 atom stereocenters. The van der Waals surface area contributed by atoms with E-state index in [-0.39, 0.29) is 41.0 Å². The Morgan fingerprint density at radius 2 is 1.92 bits per heavy atom. The number of amides is 1. The molecular weight excluding hydrogens is 359 g/mol. The van der Waals surface area contributed by atoms with E-state index < -0.39 is 15.8 Å². The van der Waals surface area contributed by atoms with Crippen LogP contribution in [0.15, 0.2) is 23.1 Å². The normalized spacial score (nSPS) is 17.1. The number of piperidine rings is 1. The zero-order valence-corrected chi connectivity index (χ0v) is 16.5. The SMILES string of the molecule is COc1ccc(F)cc1S(=O)(=O)N1CCC(C(=O)NCC(C)(C)C)CC1. The molecule has 0 bridgehead atoms. The van der Waals surface area contributed by atoms with Gasteiger partial charge in [0.25, 0.3) is 0 Å². The third-order valence-electron chi connectivity index (χ3n) is 4.36. The molecule has 1 fully saturated rings. The molecule has 1 heterocycles. The van der Waals surface area contributed by atoms with E-state index >= 15 is 0 Å². The molecule has 0 radical (unpaired) electrons. The first-order chi connectivity index (χ1) is 12.0. The first-order valence-electron chi connectivity index (χ1n) is 8.66. The lowest BCUT2D eigenvalue weighted by Gasteiger charge is -2.31. The molecule has 1 aromatic rings. The minimum atomic E-state index is -3.88. The summed E-state index contributed by atoms with van der Waals surface area (Å²) in [6, 6.07) is 3.43. The van der Waals surface area contributed by atoms with Crippen LogP contribution in [0.5, 0.6) is 5.75 Å². The van der Waals surface area contributed by atoms with E-state index in [2.05, 4.69) is 5.32 Å². The molecule has 0 saturated carbocycles. The summed E-state index contributed by atoms with van der Waals surface area (Å²) in [5.74, 6) is -0.782. The van der Waals surface area contributed by atoms with Crippen LogP contribution in [-0.4, -0.2) is 45.4 Å². The van der Waals surface area contributed by atoms with E-state index in [1.54, 1.807) is 0 Å². The molecule has 1 aromatic carbocycles. The van der Waals surface area contributed by atoms with Crippen molar-refractivity contribution >= 4 is 15.9 Å². The van der Waals surface area contributed by atoms with Gasteiger partial charge in [-0.15, -0.1) is 0 Å². The Morgan fingerprint density at radius 1 is 1.31 bits per heavy atom. The second-order valence-corrected chi connectivity index (χ2v) is 9.66. The summed E-state index contributed by atoms with van der Waals surface area (Å²) in [5.41, 5.74) is -0.00631. The van der Waals surface area contributed by atoms with E-state index in [9.17, 15) is 17.6 Å². The number of ether oxygens (including phenoxy) is 1. The van der Waals surface area contributed by atoms with Gasteiger partial charge in [-0.3, -0.25) is 4.79 Å². The van der Waals surface area contributed by atoms with Gasteiger partial charge in [-0.2, -0.15) is 4.31 Å². The maximum absolute atomic E-state index is 13.5. The first-order valence-corrected chi connectivity index (χ1v) is 10.1. The number of hydrogen-bond acceptors (Lipinski definition) is 4. The third kappa shape index (κ3) is 4.94. The first kappa shape index (κ1) is 20.6. The second-order valence-electron chi connectivity index (χ2n) is 7.75. The number of hydrogen-bond donors (Lipinski definition) is 1. The molecule has 0 aliphatic carbocycles. The van der Waals surface area contributed by atoms with Crippen LogP contribution in [0.1, 0.15) is 33.6 Å². The molecule has 0 unspecified atom stereocenters. The summed E-state index contributed by atoms with van der Waals surface area (Å²) < 4.78 is 45.6. The number of nitrogens with one attached hydrogen (secondary N) is 1. The fourth-order valence-corrected chi connectivity index (χ4v) is 4.48. The Hall–Kier alpha value is -1.67. The molecule has 26 heavy (non-hydrogen) atoms. The number of methoxy groups -OCH3 is 1. The summed E-state index contributed by atoms with van der Waals surface area (Å²) in [6.45, 7) is 7.12. The number of benzene rings is 1. The maximum atomic E-state index is 13.5. The highest BCUT2D eigenvalue weighted by molar-refractivity contribution is 7.89. The highest BCUT2D eigenvalue weighted by Gasteiger charge is 2.34. The Balaban J connectivity index is 2.05.